The molecule has 30 heavy (non-hydrogen) atoms. The highest BCUT2D eigenvalue weighted by molar-refractivity contribution is 5.87. The molecule has 0 aliphatic rings. The smallest absolute Gasteiger partial charge is 0.278 e. The Kier molecular flexibility index (Phi) is 4.41. The normalized spacial score (nSPS) is 13.1. The van der Waals surface area contributed by atoms with Crippen molar-refractivity contribution >= 4 is 16.6 Å². The number of hydrogen-bond acceptors (Lipinski definition) is 8. The van der Waals surface area contributed by atoms with Gasteiger partial charge in [-0.3, -0.25) is 13.8 Å². The van der Waals surface area contributed by atoms with Crippen molar-refractivity contribution in [1.29, 1.82) is 5.26 Å². The van der Waals surface area contributed by atoms with Gasteiger partial charge in [-0.05, 0) is 32.9 Å². The number of nitriles is 1. The zero-order valence-corrected chi connectivity index (χ0v) is 16.3. The second-order valence-electron chi connectivity index (χ2n) is 7.40. The lowest BCUT2D eigenvalue weighted by Crippen LogP contribution is -2.28. The minimum Gasteiger partial charge on any atom is -0.394 e. The number of benzene rings is 1. The van der Waals surface area contributed by atoms with E-state index in [1.165, 1.54) is 30.6 Å². The third kappa shape index (κ3) is 2.77. The van der Waals surface area contributed by atoms with Crippen LogP contribution in [0.1, 0.15) is 38.3 Å². The SMILES string of the molecule is CC(CO)n1c(=O)c2c(-c3noc(C(C)(C)O)n3)ncn2c2ccc(F)c(C#N)c21. The molecule has 0 spiro atoms. The second-order valence-corrected chi connectivity index (χ2v) is 7.40. The lowest BCUT2D eigenvalue weighted by molar-refractivity contribution is 0.0420. The summed E-state index contributed by atoms with van der Waals surface area (Å²) < 4.78 is 22.0. The van der Waals surface area contributed by atoms with Gasteiger partial charge >= 0.3 is 0 Å². The van der Waals surface area contributed by atoms with Crippen LogP contribution < -0.4 is 5.56 Å². The van der Waals surface area contributed by atoms with Crippen LogP contribution in [0.3, 0.4) is 0 Å². The van der Waals surface area contributed by atoms with Crippen LogP contribution in [-0.2, 0) is 5.60 Å². The zero-order chi connectivity index (χ0) is 21.8. The number of hydrogen-bond donors (Lipinski definition) is 2. The number of aliphatic hydroxyl groups is 2. The van der Waals surface area contributed by atoms with E-state index in [1.54, 1.807) is 13.0 Å². The minimum atomic E-state index is -1.39. The van der Waals surface area contributed by atoms with E-state index in [1.807, 2.05) is 0 Å². The fourth-order valence-electron chi connectivity index (χ4n) is 3.29. The van der Waals surface area contributed by atoms with Crippen LogP contribution in [0.25, 0.3) is 28.1 Å². The first-order valence-electron chi connectivity index (χ1n) is 9.00. The van der Waals surface area contributed by atoms with E-state index in [0.717, 1.165) is 10.6 Å². The Bertz CT molecular complexity index is 1390. The van der Waals surface area contributed by atoms with Crippen molar-refractivity contribution in [2.75, 3.05) is 6.61 Å². The molecule has 4 rings (SSSR count). The van der Waals surface area contributed by atoms with E-state index in [-0.39, 0.29) is 34.0 Å². The van der Waals surface area contributed by atoms with Crippen molar-refractivity contribution < 1.29 is 19.1 Å². The minimum absolute atomic E-state index is 0.0168. The molecule has 0 aliphatic carbocycles. The summed E-state index contributed by atoms with van der Waals surface area (Å²) in [5.41, 5.74) is -1.79. The van der Waals surface area contributed by atoms with Crippen LogP contribution in [-0.4, -0.2) is 40.9 Å². The molecule has 1 aromatic carbocycles. The molecular formula is C19H17FN6O4. The largest absolute Gasteiger partial charge is 0.394 e. The monoisotopic (exact) mass is 412 g/mol. The third-order valence-corrected chi connectivity index (χ3v) is 4.77. The first-order valence-corrected chi connectivity index (χ1v) is 9.00. The van der Waals surface area contributed by atoms with Crippen molar-refractivity contribution in [3.8, 4) is 17.6 Å². The number of nitrogens with zero attached hydrogens (tertiary/aromatic N) is 6. The van der Waals surface area contributed by atoms with Crippen LogP contribution in [0.15, 0.2) is 27.8 Å². The van der Waals surface area contributed by atoms with Gasteiger partial charge in [0.05, 0.1) is 23.7 Å². The van der Waals surface area contributed by atoms with E-state index in [4.69, 9.17) is 4.52 Å². The molecule has 0 radical (unpaired) electrons. The van der Waals surface area contributed by atoms with Gasteiger partial charge < -0.3 is 14.7 Å². The average Bonchev–Trinajstić information content (AvgIpc) is 3.35. The van der Waals surface area contributed by atoms with E-state index >= 15 is 0 Å². The number of halogens is 1. The van der Waals surface area contributed by atoms with Crippen molar-refractivity contribution in [2.24, 2.45) is 0 Å². The van der Waals surface area contributed by atoms with Crippen LogP contribution in [0.2, 0.25) is 0 Å². The molecule has 1 unspecified atom stereocenters. The number of aliphatic hydroxyl groups excluding tert-OH is 1. The lowest BCUT2D eigenvalue weighted by atomic mass is 10.1. The molecule has 3 aromatic heterocycles. The summed E-state index contributed by atoms with van der Waals surface area (Å²) >= 11 is 0. The molecule has 10 nitrogen and oxygen atoms in total. The molecule has 0 amide bonds. The molecule has 2 N–H and O–H groups in total. The summed E-state index contributed by atoms with van der Waals surface area (Å²) in [5.74, 6) is -0.856. The maximum atomic E-state index is 14.3. The van der Waals surface area contributed by atoms with Gasteiger partial charge in [0, 0.05) is 0 Å². The Labute approximate surface area is 168 Å². The van der Waals surface area contributed by atoms with Crippen molar-refractivity contribution in [2.45, 2.75) is 32.4 Å². The molecule has 0 bridgehead atoms. The molecule has 0 fully saturated rings. The summed E-state index contributed by atoms with van der Waals surface area (Å²) in [7, 11) is 0. The lowest BCUT2D eigenvalue weighted by Gasteiger charge is -2.18. The summed E-state index contributed by atoms with van der Waals surface area (Å²) in [4.78, 5) is 21.7. The van der Waals surface area contributed by atoms with Gasteiger partial charge in [-0.15, -0.1) is 0 Å². The Morgan fingerprint density at radius 3 is 2.70 bits per heavy atom. The predicted molar refractivity (Wildman–Crippen MR) is 102 cm³/mol. The van der Waals surface area contributed by atoms with Gasteiger partial charge in [0.15, 0.2) is 0 Å². The fraction of sp³-hybridized carbons (Fsp3) is 0.316. The van der Waals surface area contributed by atoms with Gasteiger partial charge in [0.2, 0.25) is 5.82 Å². The first-order chi connectivity index (χ1) is 14.2. The topological polar surface area (TPSA) is 142 Å². The molecule has 4 aromatic rings. The first kappa shape index (κ1) is 19.7. The maximum absolute atomic E-state index is 14.3. The molecule has 0 saturated carbocycles. The molecule has 154 valence electrons. The summed E-state index contributed by atoms with van der Waals surface area (Å²) in [6.07, 6.45) is 1.33. The van der Waals surface area contributed by atoms with Crippen molar-refractivity contribution in [3.05, 3.63) is 46.1 Å². The molecule has 1 atom stereocenters. The predicted octanol–water partition coefficient (Wildman–Crippen LogP) is 1.49. The quantitative estimate of drug-likeness (QED) is 0.513. The average molecular weight is 412 g/mol. The maximum Gasteiger partial charge on any atom is 0.278 e. The van der Waals surface area contributed by atoms with Crippen LogP contribution in [0.5, 0.6) is 0 Å². The Morgan fingerprint density at radius 2 is 2.10 bits per heavy atom. The van der Waals surface area contributed by atoms with E-state index in [9.17, 15) is 24.7 Å². The van der Waals surface area contributed by atoms with Gasteiger partial charge in [-0.1, -0.05) is 5.16 Å². The number of aromatic nitrogens is 5. The molecular weight excluding hydrogens is 395 g/mol. The van der Waals surface area contributed by atoms with Crippen molar-refractivity contribution in [3.63, 3.8) is 0 Å². The van der Waals surface area contributed by atoms with Gasteiger partial charge in [-0.25, -0.2) is 9.37 Å². The van der Waals surface area contributed by atoms with Crippen LogP contribution >= 0.6 is 0 Å². The zero-order valence-electron chi connectivity index (χ0n) is 16.3. The van der Waals surface area contributed by atoms with Gasteiger partial charge in [0.25, 0.3) is 11.4 Å². The molecule has 3 heterocycles. The highest BCUT2D eigenvalue weighted by Crippen LogP contribution is 2.28. The summed E-state index contributed by atoms with van der Waals surface area (Å²) in [5, 5.41) is 33.0. The van der Waals surface area contributed by atoms with E-state index in [2.05, 4.69) is 15.1 Å². The van der Waals surface area contributed by atoms with Gasteiger partial charge in [-0.2, -0.15) is 10.2 Å². The fourth-order valence-corrected chi connectivity index (χ4v) is 3.29. The number of fused-ring (bicyclic) bond motifs is 3. The summed E-state index contributed by atoms with van der Waals surface area (Å²) in [6.45, 7) is 4.09. The number of imidazole rings is 1. The number of rotatable bonds is 4. The van der Waals surface area contributed by atoms with E-state index < -0.39 is 29.6 Å². The van der Waals surface area contributed by atoms with Gasteiger partial charge in [0.1, 0.15) is 40.6 Å². The Morgan fingerprint density at radius 1 is 1.37 bits per heavy atom. The summed E-state index contributed by atoms with van der Waals surface area (Å²) in [6, 6.07) is 3.58. The standard InChI is InChI=1S/C19H17FN6O4/c1-9(7-27)26-14-10(6-21)11(20)4-5-12(14)25-8-22-13(15(25)17(26)28)16-23-18(30-24-16)19(2,3)29/h4-5,8-9,27,29H,7H2,1-3H3. The van der Waals surface area contributed by atoms with Crippen LogP contribution in [0, 0.1) is 17.1 Å². The molecule has 0 aliphatic heterocycles. The van der Waals surface area contributed by atoms with Crippen molar-refractivity contribution in [1.82, 2.24) is 24.1 Å². The molecule has 11 heteroatoms. The van der Waals surface area contributed by atoms with E-state index in [0.29, 0.717) is 5.52 Å². The highest BCUT2D eigenvalue weighted by atomic mass is 19.1. The van der Waals surface area contributed by atoms with Crippen LogP contribution in [0.4, 0.5) is 4.39 Å². The highest BCUT2D eigenvalue weighted by Gasteiger charge is 2.28. The molecule has 0 saturated heterocycles. The second kappa shape index (κ2) is 6.72. The Hall–Kier alpha value is -3.62. The Balaban J connectivity index is 2.14. The third-order valence-electron chi connectivity index (χ3n) is 4.77.